The molecule has 0 radical (unpaired) electrons. The van der Waals surface area contributed by atoms with E-state index in [0.717, 1.165) is 11.4 Å². The summed E-state index contributed by atoms with van der Waals surface area (Å²) in [6.07, 6.45) is 0. The van der Waals surface area contributed by atoms with Crippen molar-refractivity contribution in [3.63, 3.8) is 0 Å². The van der Waals surface area contributed by atoms with Gasteiger partial charge in [0.05, 0.1) is 18.6 Å². The first-order chi connectivity index (χ1) is 11.7. The van der Waals surface area contributed by atoms with Crippen LogP contribution in [0.3, 0.4) is 0 Å². The van der Waals surface area contributed by atoms with Crippen molar-refractivity contribution in [1.29, 1.82) is 0 Å². The van der Waals surface area contributed by atoms with Crippen molar-refractivity contribution in [3.8, 4) is 17.1 Å². The number of hydrogen-bond acceptors (Lipinski definition) is 6. The van der Waals surface area contributed by atoms with Gasteiger partial charge in [0.2, 0.25) is 0 Å². The number of benzene rings is 2. The van der Waals surface area contributed by atoms with Crippen LogP contribution in [0.15, 0.2) is 48.5 Å². The fraction of sp³-hybridized carbons (Fsp3) is 0.125. The highest BCUT2D eigenvalue weighted by Crippen LogP contribution is 2.19. The normalized spacial score (nSPS) is 10.4. The fourth-order valence-electron chi connectivity index (χ4n) is 2.13. The molecule has 0 saturated carbocycles. The predicted molar refractivity (Wildman–Crippen MR) is 88.8 cm³/mol. The lowest BCUT2D eigenvalue weighted by Crippen LogP contribution is -2.01. The van der Waals surface area contributed by atoms with Crippen molar-refractivity contribution in [2.24, 2.45) is 0 Å². The van der Waals surface area contributed by atoms with E-state index in [-0.39, 0.29) is 5.69 Å². The third kappa shape index (κ3) is 3.49. The standard InChI is InChI=1S/C16H15N5O3/c1-24-14-8-4-12(5-9-14)17-10-15-18-16(20-19-15)11-2-6-13(7-3-11)21(22)23/h2-9,17H,10H2,1H3,(H,18,19,20). The molecule has 0 amide bonds. The van der Waals surface area contributed by atoms with Crippen LogP contribution in [0, 0.1) is 10.1 Å². The van der Waals surface area contributed by atoms with E-state index in [9.17, 15) is 10.1 Å². The van der Waals surface area contributed by atoms with Crippen molar-refractivity contribution in [2.75, 3.05) is 12.4 Å². The first-order valence-electron chi connectivity index (χ1n) is 7.20. The molecule has 0 aliphatic carbocycles. The van der Waals surface area contributed by atoms with Crippen molar-refractivity contribution < 1.29 is 9.66 Å². The molecule has 0 spiro atoms. The summed E-state index contributed by atoms with van der Waals surface area (Å²) in [6.45, 7) is 0.478. The molecule has 122 valence electrons. The molecule has 0 unspecified atom stereocenters. The van der Waals surface area contributed by atoms with E-state index < -0.39 is 4.92 Å². The zero-order chi connectivity index (χ0) is 16.9. The summed E-state index contributed by atoms with van der Waals surface area (Å²) in [5.41, 5.74) is 1.69. The topological polar surface area (TPSA) is 106 Å². The van der Waals surface area contributed by atoms with E-state index in [1.807, 2.05) is 24.3 Å². The Morgan fingerprint density at radius 3 is 2.50 bits per heavy atom. The monoisotopic (exact) mass is 325 g/mol. The predicted octanol–water partition coefficient (Wildman–Crippen LogP) is 3.00. The molecule has 0 saturated heterocycles. The van der Waals surface area contributed by atoms with Gasteiger partial charge in [-0.25, -0.2) is 4.98 Å². The number of nitro groups is 1. The van der Waals surface area contributed by atoms with Crippen molar-refractivity contribution in [3.05, 3.63) is 64.5 Å². The Labute approximate surface area is 137 Å². The van der Waals surface area contributed by atoms with E-state index in [1.165, 1.54) is 12.1 Å². The van der Waals surface area contributed by atoms with Crippen LogP contribution >= 0.6 is 0 Å². The minimum atomic E-state index is -0.439. The number of nitrogens with zero attached hydrogens (tertiary/aromatic N) is 3. The van der Waals surface area contributed by atoms with Crippen LogP contribution in [-0.4, -0.2) is 27.2 Å². The highest BCUT2D eigenvalue weighted by molar-refractivity contribution is 5.57. The van der Waals surface area contributed by atoms with Crippen LogP contribution in [0.25, 0.3) is 11.4 Å². The molecule has 2 N–H and O–H groups in total. The maximum atomic E-state index is 10.7. The van der Waals surface area contributed by atoms with Gasteiger partial charge in [0.25, 0.3) is 5.69 Å². The minimum Gasteiger partial charge on any atom is -0.497 e. The van der Waals surface area contributed by atoms with Crippen LogP contribution in [0.2, 0.25) is 0 Å². The number of H-pyrrole nitrogens is 1. The van der Waals surface area contributed by atoms with Gasteiger partial charge in [-0.3, -0.25) is 15.2 Å². The Kier molecular flexibility index (Phi) is 4.37. The third-order valence-corrected chi connectivity index (χ3v) is 3.42. The molecule has 0 atom stereocenters. The highest BCUT2D eigenvalue weighted by atomic mass is 16.6. The summed E-state index contributed by atoms with van der Waals surface area (Å²) in [6, 6.07) is 13.7. The van der Waals surface area contributed by atoms with Gasteiger partial charge in [-0.2, -0.15) is 5.10 Å². The van der Waals surface area contributed by atoms with E-state index in [0.29, 0.717) is 23.8 Å². The smallest absolute Gasteiger partial charge is 0.269 e. The Bertz CT molecular complexity index is 828. The van der Waals surface area contributed by atoms with Gasteiger partial charge in [0, 0.05) is 23.4 Å². The number of aromatic nitrogens is 3. The molecule has 8 nitrogen and oxygen atoms in total. The number of methoxy groups -OCH3 is 1. The van der Waals surface area contributed by atoms with Crippen LogP contribution in [-0.2, 0) is 6.54 Å². The molecular weight excluding hydrogens is 310 g/mol. The maximum Gasteiger partial charge on any atom is 0.269 e. The molecule has 0 aliphatic rings. The lowest BCUT2D eigenvalue weighted by Gasteiger charge is -2.05. The van der Waals surface area contributed by atoms with Crippen LogP contribution in [0.1, 0.15) is 5.82 Å². The molecule has 0 bridgehead atoms. The number of ether oxygens (including phenoxy) is 1. The number of nitro benzene ring substituents is 1. The number of aromatic amines is 1. The quantitative estimate of drug-likeness (QED) is 0.533. The molecule has 3 rings (SSSR count). The number of nitrogens with one attached hydrogen (secondary N) is 2. The lowest BCUT2D eigenvalue weighted by molar-refractivity contribution is -0.384. The second kappa shape index (κ2) is 6.78. The second-order valence-corrected chi connectivity index (χ2v) is 4.99. The SMILES string of the molecule is COc1ccc(NCc2nc(-c3ccc([N+](=O)[O-])cc3)n[nH]2)cc1. The molecule has 2 aromatic carbocycles. The first kappa shape index (κ1) is 15.5. The summed E-state index contributed by atoms with van der Waals surface area (Å²) in [7, 11) is 1.62. The van der Waals surface area contributed by atoms with Gasteiger partial charge in [0.1, 0.15) is 11.6 Å². The summed E-state index contributed by atoms with van der Waals surface area (Å²) < 4.78 is 5.11. The average Bonchev–Trinajstić information content (AvgIpc) is 3.09. The Morgan fingerprint density at radius 1 is 1.17 bits per heavy atom. The molecule has 1 aromatic heterocycles. The lowest BCUT2D eigenvalue weighted by atomic mass is 10.2. The summed E-state index contributed by atoms with van der Waals surface area (Å²) in [5, 5.41) is 20.9. The van der Waals surface area contributed by atoms with Gasteiger partial charge in [0.15, 0.2) is 5.82 Å². The third-order valence-electron chi connectivity index (χ3n) is 3.42. The number of hydrogen-bond donors (Lipinski definition) is 2. The van der Waals surface area contributed by atoms with Crippen LogP contribution in [0.5, 0.6) is 5.75 Å². The average molecular weight is 325 g/mol. The molecule has 1 heterocycles. The molecular formula is C16H15N5O3. The molecule has 24 heavy (non-hydrogen) atoms. The summed E-state index contributed by atoms with van der Waals surface area (Å²) in [5.74, 6) is 1.95. The Hall–Kier alpha value is -3.42. The fourth-order valence-corrected chi connectivity index (χ4v) is 2.13. The van der Waals surface area contributed by atoms with E-state index in [2.05, 4.69) is 20.5 Å². The van der Waals surface area contributed by atoms with Gasteiger partial charge in [-0.15, -0.1) is 0 Å². The zero-order valence-electron chi connectivity index (χ0n) is 12.9. The maximum absolute atomic E-state index is 10.7. The van der Waals surface area contributed by atoms with E-state index in [1.54, 1.807) is 19.2 Å². The minimum absolute atomic E-state index is 0.0377. The first-order valence-corrected chi connectivity index (χ1v) is 7.20. The van der Waals surface area contributed by atoms with Crippen molar-refractivity contribution in [2.45, 2.75) is 6.54 Å². The Morgan fingerprint density at radius 2 is 1.88 bits per heavy atom. The number of anilines is 1. The zero-order valence-corrected chi connectivity index (χ0v) is 12.9. The largest absolute Gasteiger partial charge is 0.497 e. The van der Waals surface area contributed by atoms with E-state index in [4.69, 9.17) is 4.74 Å². The van der Waals surface area contributed by atoms with Gasteiger partial charge in [-0.05, 0) is 36.4 Å². The van der Waals surface area contributed by atoms with Gasteiger partial charge < -0.3 is 10.1 Å². The number of non-ortho nitro benzene ring substituents is 1. The van der Waals surface area contributed by atoms with E-state index >= 15 is 0 Å². The van der Waals surface area contributed by atoms with Crippen LogP contribution < -0.4 is 10.1 Å². The molecule has 3 aromatic rings. The molecule has 8 heteroatoms. The number of rotatable bonds is 6. The highest BCUT2D eigenvalue weighted by Gasteiger charge is 2.09. The van der Waals surface area contributed by atoms with Gasteiger partial charge >= 0.3 is 0 Å². The molecule has 0 fully saturated rings. The second-order valence-electron chi connectivity index (χ2n) is 4.99. The van der Waals surface area contributed by atoms with Gasteiger partial charge in [-0.1, -0.05) is 0 Å². The Balaban J connectivity index is 1.65. The molecule has 0 aliphatic heterocycles. The summed E-state index contributed by atoms with van der Waals surface area (Å²) >= 11 is 0. The summed E-state index contributed by atoms with van der Waals surface area (Å²) in [4.78, 5) is 14.6. The van der Waals surface area contributed by atoms with Crippen LogP contribution in [0.4, 0.5) is 11.4 Å². The van der Waals surface area contributed by atoms with Crippen molar-refractivity contribution >= 4 is 11.4 Å². The van der Waals surface area contributed by atoms with Crippen molar-refractivity contribution in [1.82, 2.24) is 15.2 Å².